The molecule has 0 amide bonds. The molecule has 2 aromatic rings. The average molecular weight is 195 g/mol. The van der Waals surface area contributed by atoms with Crippen molar-refractivity contribution in [2.75, 3.05) is 0 Å². The lowest BCUT2D eigenvalue weighted by Crippen LogP contribution is -2.04. The number of aromatic carboxylic acids is 1. The van der Waals surface area contributed by atoms with E-state index in [1.807, 2.05) is 0 Å². The molecule has 1 N–H and O–H groups in total. The van der Waals surface area contributed by atoms with E-state index in [1.165, 1.54) is 16.9 Å². The predicted molar refractivity (Wildman–Crippen MR) is 43.6 cm³/mol. The van der Waals surface area contributed by atoms with Gasteiger partial charge in [0.05, 0.1) is 6.20 Å². The predicted octanol–water partition coefficient (Wildman–Crippen LogP) is 0.379. The first-order chi connectivity index (χ1) is 6.20. The number of carbonyl (C=O) groups is 1. The summed E-state index contributed by atoms with van der Waals surface area (Å²) in [5.41, 5.74) is 0.392. The molecule has 1 radical (unpaired) electrons. The minimum Gasteiger partial charge on any atom is -0.478 e. The Bertz CT molecular complexity index is 480. The first-order valence-electron chi connectivity index (χ1n) is 3.30. The van der Waals surface area contributed by atoms with Gasteiger partial charge in [-0.05, 0) is 0 Å². The molecule has 0 atom stereocenters. The molecular weight excluding hydrogens is 192 g/mol. The van der Waals surface area contributed by atoms with Crippen LogP contribution in [0.5, 0.6) is 0 Å². The fourth-order valence-electron chi connectivity index (χ4n) is 0.909. The second-order valence-electron chi connectivity index (χ2n) is 2.29. The normalized spacial score (nSPS) is 10.5. The Kier molecular flexibility index (Phi) is 1.59. The number of carboxylic acids is 1. The highest BCUT2D eigenvalue weighted by molar-refractivity contribution is 7.80. The molecule has 2 aromatic heterocycles. The Balaban J connectivity index is 2.80. The third-order valence-electron chi connectivity index (χ3n) is 1.51. The topological polar surface area (TPSA) is 80.4 Å². The van der Waals surface area contributed by atoms with Gasteiger partial charge in [0.1, 0.15) is 10.6 Å². The number of carboxylic acid groups (broad SMARTS) is 1. The van der Waals surface area contributed by atoms with Crippen LogP contribution in [0, 0.1) is 0 Å². The van der Waals surface area contributed by atoms with Crippen molar-refractivity contribution < 1.29 is 9.90 Å². The minimum atomic E-state index is -1.12. The lowest BCUT2D eigenvalue weighted by Gasteiger charge is -1.98. The van der Waals surface area contributed by atoms with Crippen molar-refractivity contribution in [1.29, 1.82) is 0 Å². The summed E-state index contributed by atoms with van der Waals surface area (Å²) < 4.78 is 1.21. The van der Waals surface area contributed by atoms with Crippen LogP contribution in [0.4, 0.5) is 0 Å². The zero-order chi connectivity index (χ0) is 9.42. The van der Waals surface area contributed by atoms with E-state index in [-0.39, 0.29) is 10.6 Å². The molecule has 0 bridgehead atoms. The molecule has 0 spiro atoms. The first-order valence-corrected chi connectivity index (χ1v) is 3.70. The van der Waals surface area contributed by atoms with Crippen LogP contribution in [0.25, 0.3) is 5.65 Å². The van der Waals surface area contributed by atoms with Crippen LogP contribution in [0.3, 0.4) is 0 Å². The molecule has 0 saturated heterocycles. The van der Waals surface area contributed by atoms with E-state index < -0.39 is 5.97 Å². The summed E-state index contributed by atoms with van der Waals surface area (Å²) in [6, 6.07) is 0. The molecule has 65 valence electrons. The van der Waals surface area contributed by atoms with E-state index in [9.17, 15) is 4.79 Å². The summed E-state index contributed by atoms with van der Waals surface area (Å²) in [6.07, 6.45) is 2.60. The van der Waals surface area contributed by atoms with Gasteiger partial charge in [-0.2, -0.15) is 4.52 Å². The highest BCUT2D eigenvalue weighted by Gasteiger charge is 2.13. The summed E-state index contributed by atoms with van der Waals surface area (Å²) in [5.74, 6) is -1.12. The fraction of sp³-hybridized carbons (Fsp3) is 0. The zero-order valence-electron chi connectivity index (χ0n) is 6.21. The largest absolute Gasteiger partial charge is 0.478 e. The third-order valence-corrected chi connectivity index (χ3v) is 1.90. The molecular formula is C6H3N4O2S. The number of hydrogen-bond acceptors (Lipinski definition) is 4. The van der Waals surface area contributed by atoms with Crippen molar-refractivity contribution >= 4 is 24.2 Å². The average Bonchev–Trinajstić information content (AvgIpc) is 2.52. The molecule has 0 aromatic carbocycles. The summed E-state index contributed by atoms with van der Waals surface area (Å²) >= 11 is 4.86. The van der Waals surface area contributed by atoms with E-state index in [2.05, 4.69) is 15.3 Å². The van der Waals surface area contributed by atoms with Crippen molar-refractivity contribution in [1.82, 2.24) is 19.8 Å². The van der Waals surface area contributed by atoms with Gasteiger partial charge in [0.2, 0.25) is 0 Å². The van der Waals surface area contributed by atoms with E-state index in [1.54, 1.807) is 0 Å². The highest BCUT2D eigenvalue weighted by Crippen LogP contribution is 2.12. The molecule has 2 heterocycles. The van der Waals surface area contributed by atoms with Crippen molar-refractivity contribution in [3.63, 3.8) is 0 Å². The van der Waals surface area contributed by atoms with Crippen molar-refractivity contribution in [2.45, 2.75) is 5.03 Å². The Morgan fingerprint density at radius 3 is 3.00 bits per heavy atom. The van der Waals surface area contributed by atoms with Gasteiger partial charge in [0.15, 0.2) is 5.65 Å². The molecule has 0 aliphatic rings. The van der Waals surface area contributed by atoms with Crippen LogP contribution < -0.4 is 0 Å². The molecule has 2 rings (SSSR count). The van der Waals surface area contributed by atoms with Crippen LogP contribution in [0.1, 0.15) is 10.4 Å². The molecule has 6 nitrogen and oxygen atoms in total. The van der Waals surface area contributed by atoms with Gasteiger partial charge in [0, 0.05) is 6.20 Å². The monoisotopic (exact) mass is 195 g/mol. The van der Waals surface area contributed by atoms with Gasteiger partial charge in [-0.25, -0.2) is 9.78 Å². The maximum Gasteiger partial charge on any atom is 0.340 e. The smallest absolute Gasteiger partial charge is 0.340 e. The van der Waals surface area contributed by atoms with Crippen LogP contribution in [-0.4, -0.2) is 30.9 Å². The quantitative estimate of drug-likeness (QED) is 0.665. The van der Waals surface area contributed by atoms with Crippen LogP contribution >= 0.6 is 12.6 Å². The number of hydrogen-bond donors (Lipinski definition) is 1. The van der Waals surface area contributed by atoms with E-state index in [0.717, 1.165) is 0 Å². The molecule has 0 aliphatic carbocycles. The van der Waals surface area contributed by atoms with E-state index >= 15 is 0 Å². The van der Waals surface area contributed by atoms with Crippen molar-refractivity contribution in [3.8, 4) is 0 Å². The zero-order valence-corrected chi connectivity index (χ0v) is 7.02. The highest BCUT2D eigenvalue weighted by atomic mass is 32.1. The van der Waals surface area contributed by atoms with Crippen molar-refractivity contribution in [3.05, 3.63) is 18.0 Å². The summed E-state index contributed by atoms with van der Waals surface area (Å²) in [7, 11) is 0. The molecule has 13 heavy (non-hydrogen) atoms. The lowest BCUT2D eigenvalue weighted by atomic mass is 10.3. The molecule has 0 unspecified atom stereocenters. The Morgan fingerprint density at radius 1 is 1.54 bits per heavy atom. The van der Waals surface area contributed by atoms with Gasteiger partial charge < -0.3 is 5.11 Å². The van der Waals surface area contributed by atoms with Gasteiger partial charge >= 0.3 is 5.97 Å². The Labute approximate surface area is 77.6 Å². The lowest BCUT2D eigenvalue weighted by molar-refractivity contribution is 0.0691. The molecule has 0 aliphatic heterocycles. The molecule has 0 saturated carbocycles. The Hall–Kier alpha value is -1.76. The molecule has 7 heteroatoms. The summed E-state index contributed by atoms with van der Waals surface area (Å²) in [4.78, 5) is 14.4. The SMILES string of the molecule is O=C(O)c1cnc2cnnn2c1[S]. The maximum atomic E-state index is 10.6. The van der Waals surface area contributed by atoms with Gasteiger partial charge in [0.25, 0.3) is 0 Å². The third kappa shape index (κ3) is 1.09. The maximum absolute atomic E-state index is 10.6. The molecule has 0 fully saturated rings. The number of rotatable bonds is 1. The van der Waals surface area contributed by atoms with Gasteiger partial charge in [-0.15, -0.1) is 5.10 Å². The van der Waals surface area contributed by atoms with Gasteiger partial charge in [-0.1, -0.05) is 17.8 Å². The minimum absolute atomic E-state index is 0.0481. The first kappa shape index (κ1) is 7.87. The summed E-state index contributed by atoms with van der Waals surface area (Å²) in [6.45, 7) is 0. The standard InChI is InChI=1S/C6H3N4O2S/c11-6(12)3-1-7-4-2-8-9-10(4)5(3)13/h1-2H,(H,11,12). The number of nitrogens with zero attached hydrogens (tertiary/aromatic N) is 4. The van der Waals surface area contributed by atoms with E-state index in [4.69, 9.17) is 17.7 Å². The number of fused-ring (bicyclic) bond motifs is 1. The van der Waals surface area contributed by atoms with Crippen molar-refractivity contribution in [2.24, 2.45) is 0 Å². The second-order valence-corrected chi connectivity index (χ2v) is 2.67. The second kappa shape index (κ2) is 2.63. The summed E-state index contributed by atoms with van der Waals surface area (Å²) in [5, 5.41) is 16.0. The van der Waals surface area contributed by atoms with Crippen LogP contribution in [-0.2, 0) is 0 Å². The Morgan fingerprint density at radius 2 is 2.31 bits per heavy atom. The number of aromatic nitrogens is 4. The van der Waals surface area contributed by atoms with E-state index in [0.29, 0.717) is 5.65 Å². The van der Waals surface area contributed by atoms with Gasteiger partial charge in [-0.3, -0.25) is 0 Å². The fourth-order valence-corrected chi connectivity index (χ4v) is 1.18. The van der Waals surface area contributed by atoms with Crippen LogP contribution in [0.15, 0.2) is 17.4 Å². The van der Waals surface area contributed by atoms with Crippen LogP contribution in [0.2, 0.25) is 0 Å².